The summed E-state index contributed by atoms with van der Waals surface area (Å²) in [5, 5.41) is 12.1. The molecule has 0 radical (unpaired) electrons. The van der Waals surface area contributed by atoms with Gasteiger partial charge in [-0.3, -0.25) is 0 Å². The summed E-state index contributed by atoms with van der Waals surface area (Å²) in [5.74, 6) is -1.12. The number of carbonyl (C=O) groups is 1. The summed E-state index contributed by atoms with van der Waals surface area (Å²) >= 11 is 2.47. The molecule has 0 saturated carbocycles. The van der Waals surface area contributed by atoms with Gasteiger partial charge >= 0.3 is 5.97 Å². The van der Waals surface area contributed by atoms with E-state index in [1.165, 1.54) is 11.4 Å². The van der Waals surface area contributed by atoms with Crippen LogP contribution in [0, 0.1) is 0 Å². The van der Waals surface area contributed by atoms with Gasteiger partial charge in [-0.1, -0.05) is 19.9 Å². The van der Waals surface area contributed by atoms with Crippen LogP contribution in [0.3, 0.4) is 0 Å². The van der Waals surface area contributed by atoms with E-state index in [-0.39, 0.29) is 21.7 Å². The van der Waals surface area contributed by atoms with E-state index in [0.29, 0.717) is 0 Å². The topological polar surface area (TPSA) is 83.5 Å². The molecule has 2 heterocycles. The smallest absolute Gasteiger partial charge is 0.345 e. The zero-order valence-corrected chi connectivity index (χ0v) is 13.9. The molecule has 2 aromatic rings. The van der Waals surface area contributed by atoms with Gasteiger partial charge in [0.2, 0.25) is 10.0 Å². The molecule has 114 valence electrons. The summed E-state index contributed by atoms with van der Waals surface area (Å²) < 4.78 is 26.9. The normalized spacial score (nSPS) is 12.5. The van der Waals surface area contributed by atoms with Gasteiger partial charge in [-0.25, -0.2) is 17.9 Å². The number of sulfonamides is 1. The molecule has 0 spiro atoms. The fourth-order valence-corrected chi connectivity index (χ4v) is 4.86. The lowest BCUT2D eigenvalue weighted by Crippen LogP contribution is -2.36. The summed E-state index contributed by atoms with van der Waals surface area (Å²) in [4.78, 5) is 11.9. The Labute approximate surface area is 131 Å². The Kier molecular flexibility index (Phi) is 4.52. The highest BCUT2D eigenvalue weighted by Gasteiger charge is 2.26. The minimum Gasteiger partial charge on any atom is -0.477 e. The Hall–Kier alpha value is -1.22. The number of rotatable bonds is 6. The second-order valence-corrected chi connectivity index (χ2v) is 8.76. The monoisotopic (exact) mass is 345 g/mol. The number of thiophene rings is 2. The van der Waals surface area contributed by atoms with Crippen molar-refractivity contribution < 1.29 is 18.3 Å². The quantitative estimate of drug-likeness (QED) is 0.843. The van der Waals surface area contributed by atoms with Crippen molar-refractivity contribution in [3.05, 3.63) is 38.7 Å². The lowest BCUT2D eigenvalue weighted by molar-refractivity contribution is 0.0702. The summed E-state index contributed by atoms with van der Waals surface area (Å²) in [5.41, 5.74) is -0.327. The number of aromatic carboxylic acids is 1. The molecule has 0 bridgehead atoms. The fraction of sp³-hybridized carbons (Fsp3) is 0.308. The molecule has 2 rings (SSSR count). The SMILES string of the molecule is CC(C)(CNS(=O)(=O)c1csc(C(=O)O)c1)c1cccs1. The van der Waals surface area contributed by atoms with E-state index in [9.17, 15) is 13.2 Å². The van der Waals surface area contributed by atoms with Crippen LogP contribution in [0.15, 0.2) is 33.9 Å². The van der Waals surface area contributed by atoms with Gasteiger partial charge in [-0.2, -0.15) is 0 Å². The van der Waals surface area contributed by atoms with Crippen LogP contribution in [0.25, 0.3) is 0 Å². The third-order valence-electron chi connectivity index (χ3n) is 2.99. The van der Waals surface area contributed by atoms with Gasteiger partial charge in [0.05, 0.1) is 4.90 Å². The first-order chi connectivity index (χ1) is 9.72. The first-order valence-electron chi connectivity index (χ1n) is 6.08. The van der Waals surface area contributed by atoms with Gasteiger partial charge in [-0.15, -0.1) is 22.7 Å². The van der Waals surface area contributed by atoms with Crippen LogP contribution in [-0.2, 0) is 15.4 Å². The van der Waals surface area contributed by atoms with Crippen molar-refractivity contribution in [1.29, 1.82) is 0 Å². The maximum atomic E-state index is 12.2. The third-order valence-corrected chi connectivity index (χ3v) is 6.67. The number of hydrogen-bond donors (Lipinski definition) is 2. The number of carboxylic acids is 1. The van der Waals surface area contributed by atoms with E-state index < -0.39 is 16.0 Å². The van der Waals surface area contributed by atoms with E-state index in [2.05, 4.69) is 4.72 Å². The van der Waals surface area contributed by atoms with Crippen LogP contribution in [0.5, 0.6) is 0 Å². The Morgan fingerprint density at radius 3 is 2.62 bits per heavy atom. The van der Waals surface area contributed by atoms with E-state index in [1.54, 1.807) is 11.3 Å². The summed E-state index contributed by atoms with van der Waals surface area (Å²) in [6.07, 6.45) is 0. The molecule has 0 atom stereocenters. The number of carboxylic acid groups (broad SMARTS) is 1. The largest absolute Gasteiger partial charge is 0.477 e. The van der Waals surface area contributed by atoms with Crippen LogP contribution in [-0.4, -0.2) is 26.0 Å². The molecule has 0 amide bonds. The zero-order chi connectivity index (χ0) is 15.7. The van der Waals surface area contributed by atoms with E-state index in [0.717, 1.165) is 16.2 Å². The molecule has 5 nitrogen and oxygen atoms in total. The molecule has 0 aliphatic heterocycles. The molecule has 0 aliphatic rings. The van der Waals surface area contributed by atoms with Crippen LogP contribution in [0.2, 0.25) is 0 Å². The fourth-order valence-electron chi connectivity index (χ4n) is 1.68. The molecule has 0 aromatic carbocycles. The zero-order valence-electron chi connectivity index (χ0n) is 11.5. The Morgan fingerprint density at radius 2 is 2.10 bits per heavy atom. The molecule has 2 aromatic heterocycles. The van der Waals surface area contributed by atoms with Gasteiger partial charge in [-0.05, 0) is 17.5 Å². The summed E-state index contributed by atoms with van der Waals surface area (Å²) in [6, 6.07) is 5.06. The molecule has 0 fully saturated rings. The molecule has 8 heteroatoms. The van der Waals surface area contributed by atoms with Crippen molar-refractivity contribution in [3.63, 3.8) is 0 Å². The molecule has 21 heavy (non-hydrogen) atoms. The Morgan fingerprint density at radius 1 is 1.38 bits per heavy atom. The Bertz CT molecular complexity index is 729. The average Bonchev–Trinajstić information content (AvgIpc) is 3.07. The molecule has 0 saturated heterocycles. The van der Waals surface area contributed by atoms with Crippen molar-refractivity contribution >= 4 is 38.7 Å². The van der Waals surface area contributed by atoms with Crippen LogP contribution >= 0.6 is 22.7 Å². The van der Waals surface area contributed by atoms with Crippen molar-refractivity contribution in [2.75, 3.05) is 6.54 Å². The number of nitrogens with one attached hydrogen (secondary N) is 1. The maximum Gasteiger partial charge on any atom is 0.345 e. The molecule has 0 unspecified atom stereocenters. The van der Waals surface area contributed by atoms with Crippen LogP contribution in [0.1, 0.15) is 28.4 Å². The van der Waals surface area contributed by atoms with Gasteiger partial charge in [0.25, 0.3) is 0 Å². The van der Waals surface area contributed by atoms with Crippen molar-refractivity contribution in [1.82, 2.24) is 4.72 Å². The number of hydrogen-bond acceptors (Lipinski definition) is 5. The molecular weight excluding hydrogens is 330 g/mol. The van der Waals surface area contributed by atoms with E-state index >= 15 is 0 Å². The predicted octanol–water partition coefficient (Wildman–Crippen LogP) is 2.76. The van der Waals surface area contributed by atoms with E-state index in [1.807, 2.05) is 31.4 Å². The van der Waals surface area contributed by atoms with Crippen LogP contribution < -0.4 is 4.72 Å². The summed E-state index contributed by atoms with van der Waals surface area (Å²) in [7, 11) is -3.70. The minimum atomic E-state index is -3.70. The predicted molar refractivity (Wildman–Crippen MR) is 83.8 cm³/mol. The highest BCUT2D eigenvalue weighted by Crippen LogP contribution is 2.27. The first-order valence-corrected chi connectivity index (χ1v) is 9.32. The molecule has 0 aliphatic carbocycles. The van der Waals surface area contributed by atoms with E-state index in [4.69, 9.17) is 5.11 Å². The second-order valence-electron chi connectivity index (χ2n) is 5.14. The van der Waals surface area contributed by atoms with Gasteiger partial charge in [0.15, 0.2) is 0 Å². The van der Waals surface area contributed by atoms with Crippen molar-refractivity contribution in [3.8, 4) is 0 Å². The maximum absolute atomic E-state index is 12.2. The Balaban J connectivity index is 2.12. The lowest BCUT2D eigenvalue weighted by Gasteiger charge is -2.23. The highest BCUT2D eigenvalue weighted by atomic mass is 32.2. The van der Waals surface area contributed by atoms with Crippen LogP contribution in [0.4, 0.5) is 0 Å². The minimum absolute atomic E-state index is 0.00731. The first kappa shape index (κ1) is 16.2. The molecule has 2 N–H and O–H groups in total. The van der Waals surface area contributed by atoms with Crippen molar-refractivity contribution in [2.45, 2.75) is 24.2 Å². The highest BCUT2D eigenvalue weighted by molar-refractivity contribution is 7.89. The average molecular weight is 345 g/mol. The van der Waals surface area contributed by atoms with Crippen molar-refractivity contribution in [2.24, 2.45) is 0 Å². The summed E-state index contributed by atoms with van der Waals surface area (Å²) in [6.45, 7) is 4.16. The standard InChI is InChI=1S/C13H15NO4S3/c1-13(2,11-4-3-5-19-11)8-14-21(17,18)9-6-10(12(15)16)20-7-9/h3-7,14H,8H2,1-2H3,(H,15,16). The van der Waals surface area contributed by atoms with Gasteiger partial charge < -0.3 is 5.11 Å². The third kappa shape index (κ3) is 3.70. The second kappa shape index (κ2) is 5.88. The van der Waals surface area contributed by atoms with Gasteiger partial charge in [0.1, 0.15) is 4.88 Å². The van der Waals surface area contributed by atoms with Gasteiger partial charge in [0, 0.05) is 22.2 Å². The molecular formula is C13H15NO4S3. The lowest BCUT2D eigenvalue weighted by atomic mass is 9.92.